The number of fused-ring (bicyclic) bond motifs is 1. The number of aliphatic hydroxyl groups excluding tert-OH is 1. The van der Waals surface area contributed by atoms with Gasteiger partial charge in [-0.1, -0.05) is 30.3 Å². The lowest BCUT2D eigenvalue weighted by atomic mass is 10.1. The van der Waals surface area contributed by atoms with Crippen molar-refractivity contribution in [1.29, 1.82) is 0 Å². The summed E-state index contributed by atoms with van der Waals surface area (Å²) in [6.07, 6.45) is 0. The third-order valence-electron chi connectivity index (χ3n) is 3.44. The van der Waals surface area contributed by atoms with Gasteiger partial charge in [0, 0.05) is 13.1 Å². The summed E-state index contributed by atoms with van der Waals surface area (Å²) in [6.45, 7) is 2.84. The van der Waals surface area contributed by atoms with Gasteiger partial charge in [0.25, 0.3) is 0 Å². The van der Waals surface area contributed by atoms with Gasteiger partial charge in [-0.15, -0.1) is 0 Å². The Hall–Kier alpha value is -2.04. The lowest BCUT2D eigenvalue weighted by molar-refractivity contribution is 0.171. The Morgan fingerprint density at radius 2 is 1.57 bits per heavy atom. The first-order valence-electron chi connectivity index (χ1n) is 7.13. The quantitative estimate of drug-likeness (QED) is 0.884. The Balaban J connectivity index is 1.57. The van der Waals surface area contributed by atoms with E-state index in [0.717, 1.165) is 35.7 Å². The summed E-state index contributed by atoms with van der Waals surface area (Å²) in [6, 6.07) is 14.0. The van der Waals surface area contributed by atoms with Gasteiger partial charge in [0.1, 0.15) is 13.2 Å². The minimum absolute atomic E-state index is 0.0794. The fraction of sp³-hybridized carbons (Fsp3) is 0.294. The summed E-state index contributed by atoms with van der Waals surface area (Å²) in [5.41, 5.74) is 3.27. The summed E-state index contributed by atoms with van der Waals surface area (Å²) in [7, 11) is 0. The van der Waals surface area contributed by atoms with Crippen molar-refractivity contribution in [3.63, 3.8) is 0 Å². The van der Waals surface area contributed by atoms with E-state index in [0.29, 0.717) is 13.2 Å². The van der Waals surface area contributed by atoms with Crippen molar-refractivity contribution >= 4 is 0 Å². The molecule has 4 heteroatoms. The molecule has 4 nitrogen and oxygen atoms in total. The summed E-state index contributed by atoms with van der Waals surface area (Å²) < 4.78 is 11.1. The smallest absolute Gasteiger partial charge is 0.161 e. The van der Waals surface area contributed by atoms with Gasteiger partial charge in [0.15, 0.2) is 11.5 Å². The van der Waals surface area contributed by atoms with Gasteiger partial charge in [0.05, 0.1) is 6.61 Å². The van der Waals surface area contributed by atoms with Gasteiger partial charge in [-0.3, -0.25) is 0 Å². The molecule has 0 amide bonds. The molecule has 0 unspecified atom stereocenters. The summed E-state index contributed by atoms with van der Waals surface area (Å²) >= 11 is 0. The second-order valence-electron chi connectivity index (χ2n) is 5.06. The van der Waals surface area contributed by atoms with Crippen LogP contribution in [-0.4, -0.2) is 18.3 Å². The number of hydrogen-bond donors (Lipinski definition) is 2. The molecule has 0 atom stereocenters. The molecule has 3 rings (SSSR count). The summed E-state index contributed by atoms with van der Waals surface area (Å²) in [5, 5.41) is 12.5. The zero-order chi connectivity index (χ0) is 14.5. The molecule has 0 saturated heterocycles. The first kappa shape index (κ1) is 13.9. The standard InChI is InChI=1S/C17H19NO3/c19-12-15-3-1-2-13(8-15)10-18-11-14-4-5-16-17(9-14)21-7-6-20-16/h1-5,8-9,18-19H,6-7,10-12H2. The zero-order valence-electron chi connectivity index (χ0n) is 11.8. The van der Waals surface area contributed by atoms with E-state index in [1.165, 1.54) is 5.56 Å². The van der Waals surface area contributed by atoms with Crippen LogP contribution in [0.15, 0.2) is 42.5 Å². The number of ether oxygens (including phenoxy) is 2. The highest BCUT2D eigenvalue weighted by atomic mass is 16.6. The monoisotopic (exact) mass is 285 g/mol. The van der Waals surface area contributed by atoms with Gasteiger partial charge in [0.2, 0.25) is 0 Å². The first-order valence-corrected chi connectivity index (χ1v) is 7.13. The van der Waals surface area contributed by atoms with Crippen LogP contribution in [0.1, 0.15) is 16.7 Å². The second-order valence-corrected chi connectivity index (χ2v) is 5.06. The Morgan fingerprint density at radius 1 is 0.857 bits per heavy atom. The van der Waals surface area contributed by atoms with Crippen LogP contribution in [0.4, 0.5) is 0 Å². The maximum absolute atomic E-state index is 9.13. The van der Waals surface area contributed by atoms with Gasteiger partial charge < -0.3 is 19.9 Å². The number of aliphatic hydroxyl groups is 1. The van der Waals surface area contributed by atoms with E-state index in [-0.39, 0.29) is 6.61 Å². The molecule has 21 heavy (non-hydrogen) atoms. The predicted octanol–water partition coefficient (Wildman–Crippen LogP) is 2.24. The third kappa shape index (κ3) is 3.54. The summed E-state index contributed by atoms with van der Waals surface area (Å²) in [5.74, 6) is 1.64. The van der Waals surface area contributed by atoms with Crippen LogP contribution >= 0.6 is 0 Å². The SMILES string of the molecule is OCc1cccc(CNCc2ccc3c(c2)OCCO3)c1. The van der Waals surface area contributed by atoms with Crippen LogP contribution in [-0.2, 0) is 19.7 Å². The van der Waals surface area contributed by atoms with E-state index in [2.05, 4.69) is 11.4 Å². The highest BCUT2D eigenvalue weighted by Crippen LogP contribution is 2.30. The number of benzene rings is 2. The Labute approximate surface area is 124 Å². The lowest BCUT2D eigenvalue weighted by Gasteiger charge is -2.19. The minimum Gasteiger partial charge on any atom is -0.486 e. The molecule has 0 spiro atoms. The maximum atomic E-state index is 9.13. The molecule has 2 aromatic carbocycles. The number of rotatable bonds is 5. The van der Waals surface area contributed by atoms with Gasteiger partial charge in [-0.2, -0.15) is 0 Å². The van der Waals surface area contributed by atoms with E-state index in [9.17, 15) is 0 Å². The molecule has 0 radical (unpaired) electrons. The maximum Gasteiger partial charge on any atom is 0.161 e. The topological polar surface area (TPSA) is 50.7 Å². The van der Waals surface area contributed by atoms with Crippen molar-refractivity contribution < 1.29 is 14.6 Å². The van der Waals surface area contributed by atoms with E-state index < -0.39 is 0 Å². The third-order valence-corrected chi connectivity index (χ3v) is 3.44. The second kappa shape index (κ2) is 6.61. The van der Waals surface area contributed by atoms with Crippen molar-refractivity contribution in [3.8, 4) is 11.5 Å². The molecule has 0 aliphatic carbocycles. The highest BCUT2D eigenvalue weighted by Gasteiger charge is 2.11. The van der Waals surface area contributed by atoms with E-state index in [1.54, 1.807) is 0 Å². The van der Waals surface area contributed by atoms with Gasteiger partial charge >= 0.3 is 0 Å². The Morgan fingerprint density at radius 3 is 2.38 bits per heavy atom. The molecular formula is C17H19NO3. The van der Waals surface area contributed by atoms with E-state index in [1.807, 2.05) is 36.4 Å². The molecule has 0 bridgehead atoms. The zero-order valence-corrected chi connectivity index (χ0v) is 11.8. The fourth-order valence-corrected chi connectivity index (χ4v) is 2.39. The molecule has 0 fully saturated rings. The minimum atomic E-state index is 0.0794. The molecule has 1 aliphatic rings. The molecular weight excluding hydrogens is 266 g/mol. The van der Waals surface area contributed by atoms with Gasteiger partial charge in [-0.25, -0.2) is 0 Å². The van der Waals surface area contributed by atoms with Crippen molar-refractivity contribution in [2.75, 3.05) is 13.2 Å². The van der Waals surface area contributed by atoms with Crippen molar-refractivity contribution in [2.24, 2.45) is 0 Å². The largest absolute Gasteiger partial charge is 0.486 e. The average Bonchev–Trinajstić information content (AvgIpc) is 2.55. The molecule has 2 aromatic rings. The summed E-state index contributed by atoms with van der Waals surface area (Å²) in [4.78, 5) is 0. The van der Waals surface area contributed by atoms with Crippen molar-refractivity contribution in [2.45, 2.75) is 19.7 Å². The lowest BCUT2D eigenvalue weighted by Crippen LogP contribution is -2.16. The highest BCUT2D eigenvalue weighted by molar-refractivity contribution is 5.43. The van der Waals surface area contributed by atoms with Crippen LogP contribution in [0.25, 0.3) is 0 Å². The molecule has 110 valence electrons. The average molecular weight is 285 g/mol. The van der Waals surface area contributed by atoms with Crippen LogP contribution in [0.5, 0.6) is 11.5 Å². The van der Waals surface area contributed by atoms with Crippen LogP contribution in [0.2, 0.25) is 0 Å². The van der Waals surface area contributed by atoms with Crippen molar-refractivity contribution in [3.05, 3.63) is 59.2 Å². The molecule has 1 heterocycles. The Bertz CT molecular complexity index is 613. The molecule has 1 aliphatic heterocycles. The van der Waals surface area contributed by atoms with Crippen LogP contribution in [0, 0.1) is 0 Å². The Kier molecular flexibility index (Phi) is 4.38. The predicted molar refractivity (Wildman–Crippen MR) is 80.3 cm³/mol. The van der Waals surface area contributed by atoms with Crippen LogP contribution < -0.4 is 14.8 Å². The number of hydrogen-bond acceptors (Lipinski definition) is 4. The van der Waals surface area contributed by atoms with Crippen LogP contribution in [0.3, 0.4) is 0 Å². The van der Waals surface area contributed by atoms with Crippen molar-refractivity contribution in [1.82, 2.24) is 5.32 Å². The van der Waals surface area contributed by atoms with E-state index in [4.69, 9.17) is 14.6 Å². The molecule has 0 saturated carbocycles. The first-order chi connectivity index (χ1) is 10.3. The van der Waals surface area contributed by atoms with Gasteiger partial charge in [-0.05, 0) is 28.8 Å². The number of nitrogens with one attached hydrogen (secondary N) is 1. The molecule has 0 aromatic heterocycles. The normalized spacial score (nSPS) is 13.2. The fourth-order valence-electron chi connectivity index (χ4n) is 2.39. The molecule has 2 N–H and O–H groups in total. The van der Waals surface area contributed by atoms with E-state index >= 15 is 0 Å².